The molecule has 1 aromatic carbocycles. The SMILES string of the molecule is CCC(Sc1ccc(C)cc1)N1CCN(CC(O)Cn2c(N3CCOCC3)nc3c2c(=O)n(C)c(=O)n3C)CC1. The van der Waals surface area contributed by atoms with Gasteiger partial charge >= 0.3 is 5.69 Å². The molecule has 3 aromatic rings. The highest BCUT2D eigenvalue weighted by Crippen LogP contribution is 2.29. The second-order valence-electron chi connectivity index (χ2n) is 10.8. The number of ether oxygens (including phenoxy) is 1. The Balaban J connectivity index is 1.28. The van der Waals surface area contributed by atoms with Crippen LogP contribution < -0.4 is 16.1 Å². The van der Waals surface area contributed by atoms with Crippen molar-refractivity contribution >= 4 is 28.9 Å². The third kappa shape index (κ3) is 6.01. The molecular formula is C28H41N7O4S. The first-order valence-electron chi connectivity index (χ1n) is 14.1. The average molecular weight is 572 g/mol. The maximum atomic E-state index is 13.2. The highest BCUT2D eigenvalue weighted by atomic mass is 32.2. The Morgan fingerprint density at radius 2 is 1.65 bits per heavy atom. The van der Waals surface area contributed by atoms with Crippen LogP contribution >= 0.6 is 11.8 Å². The van der Waals surface area contributed by atoms with Gasteiger partial charge in [-0.15, -0.1) is 11.8 Å². The van der Waals surface area contributed by atoms with Crippen LogP contribution in [0.5, 0.6) is 0 Å². The van der Waals surface area contributed by atoms with Crippen molar-refractivity contribution in [3.05, 3.63) is 50.7 Å². The molecule has 2 saturated heterocycles. The van der Waals surface area contributed by atoms with Gasteiger partial charge in [0.25, 0.3) is 5.56 Å². The van der Waals surface area contributed by atoms with Gasteiger partial charge in [-0.05, 0) is 25.5 Å². The summed E-state index contributed by atoms with van der Waals surface area (Å²) in [6.07, 6.45) is 0.367. The van der Waals surface area contributed by atoms with Gasteiger partial charge in [-0.2, -0.15) is 4.98 Å². The summed E-state index contributed by atoms with van der Waals surface area (Å²) in [6.45, 7) is 11.1. The van der Waals surface area contributed by atoms with E-state index in [1.165, 1.54) is 22.1 Å². The third-order valence-electron chi connectivity index (χ3n) is 7.94. The van der Waals surface area contributed by atoms with Crippen LogP contribution in [0.1, 0.15) is 18.9 Å². The number of hydrogen-bond donors (Lipinski definition) is 1. The molecule has 2 unspecified atom stereocenters. The van der Waals surface area contributed by atoms with Crippen LogP contribution in [-0.4, -0.2) is 104 Å². The topological polar surface area (TPSA) is 101 Å². The minimum atomic E-state index is -0.699. The zero-order valence-corrected chi connectivity index (χ0v) is 24.8. The number of imidazole rings is 1. The molecule has 0 aliphatic carbocycles. The molecule has 0 bridgehead atoms. The van der Waals surface area contributed by atoms with E-state index in [9.17, 15) is 14.7 Å². The molecule has 0 spiro atoms. The van der Waals surface area contributed by atoms with E-state index in [1.54, 1.807) is 11.6 Å². The number of aryl methyl sites for hydroxylation is 2. The Morgan fingerprint density at radius 1 is 0.975 bits per heavy atom. The van der Waals surface area contributed by atoms with E-state index in [0.717, 1.165) is 37.2 Å². The summed E-state index contributed by atoms with van der Waals surface area (Å²) in [7, 11) is 3.10. The quantitative estimate of drug-likeness (QED) is 0.378. The summed E-state index contributed by atoms with van der Waals surface area (Å²) in [5, 5.41) is 11.7. The van der Waals surface area contributed by atoms with Gasteiger partial charge < -0.3 is 19.3 Å². The Labute approximate surface area is 238 Å². The molecule has 12 heteroatoms. The summed E-state index contributed by atoms with van der Waals surface area (Å²) in [5.41, 5.74) is 1.14. The molecule has 0 radical (unpaired) electrons. The number of aromatic nitrogens is 4. The Kier molecular flexibility index (Phi) is 9.01. The van der Waals surface area contributed by atoms with Crippen molar-refractivity contribution in [1.29, 1.82) is 0 Å². The van der Waals surface area contributed by atoms with Gasteiger partial charge in [-0.25, -0.2) is 4.79 Å². The molecule has 2 aliphatic rings. The van der Waals surface area contributed by atoms with Crippen molar-refractivity contribution in [3.8, 4) is 0 Å². The van der Waals surface area contributed by atoms with E-state index in [-0.39, 0.29) is 6.54 Å². The van der Waals surface area contributed by atoms with Gasteiger partial charge in [0.05, 0.1) is 31.2 Å². The molecular weight excluding hydrogens is 530 g/mol. The fourth-order valence-electron chi connectivity index (χ4n) is 5.60. The molecule has 0 amide bonds. The van der Waals surface area contributed by atoms with E-state index in [1.807, 2.05) is 11.8 Å². The van der Waals surface area contributed by atoms with Crippen molar-refractivity contribution in [2.45, 2.75) is 43.2 Å². The second-order valence-corrected chi connectivity index (χ2v) is 12.0. The molecule has 11 nitrogen and oxygen atoms in total. The van der Waals surface area contributed by atoms with Gasteiger partial charge in [0.1, 0.15) is 0 Å². The van der Waals surface area contributed by atoms with Crippen LogP contribution in [-0.2, 0) is 25.4 Å². The van der Waals surface area contributed by atoms with Crippen LogP contribution in [0.4, 0.5) is 5.95 Å². The van der Waals surface area contributed by atoms with Crippen molar-refractivity contribution in [1.82, 2.24) is 28.5 Å². The predicted molar refractivity (Wildman–Crippen MR) is 158 cm³/mol. The smallest absolute Gasteiger partial charge is 0.332 e. The zero-order valence-electron chi connectivity index (χ0n) is 24.0. The van der Waals surface area contributed by atoms with Crippen molar-refractivity contribution in [3.63, 3.8) is 0 Å². The average Bonchev–Trinajstić information content (AvgIpc) is 3.34. The van der Waals surface area contributed by atoms with Crippen molar-refractivity contribution in [2.75, 3.05) is 63.9 Å². The number of rotatable bonds is 9. The highest BCUT2D eigenvalue weighted by molar-refractivity contribution is 7.99. The fourth-order valence-corrected chi connectivity index (χ4v) is 6.74. The first-order chi connectivity index (χ1) is 19.3. The number of β-amino-alcohol motifs (C(OH)–C–C–N with tert-alkyl or cyclic N) is 1. The second kappa shape index (κ2) is 12.5. The summed E-state index contributed by atoms with van der Waals surface area (Å²) in [5.74, 6) is 0.597. The number of nitrogens with zero attached hydrogens (tertiary/aromatic N) is 7. The fraction of sp³-hybridized carbons (Fsp3) is 0.607. The lowest BCUT2D eigenvalue weighted by molar-refractivity contribution is 0.0613. The van der Waals surface area contributed by atoms with Crippen LogP contribution in [0, 0.1) is 6.92 Å². The van der Waals surface area contributed by atoms with Gasteiger partial charge in [0.2, 0.25) is 5.95 Å². The molecule has 218 valence electrons. The lowest BCUT2D eigenvalue weighted by Crippen LogP contribution is -2.51. The molecule has 4 heterocycles. The highest BCUT2D eigenvalue weighted by Gasteiger charge is 2.28. The van der Waals surface area contributed by atoms with Gasteiger partial charge in [-0.3, -0.25) is 23.7 Å². The molecule has 40 heavy (non-hydrogen) atoms. The first kappa shape index (κ1) is 28.9. The lowest BCUT2D eigenvalue weighted by atomic mass is 10.2. The van der Waals surface area contributed by atoms with Crippen LogP contribution in [0.25, 0.3) is 11.2 Å². The van der Waals surface area contributed by atoms with E-state index in [2.05, 4.69) is 52.8 Å². The predicted octanol–water partition coefficient (Wildman–Crippen LogP) is 1.09. The Bertz CT molecular complexity index is 1420. The van der Waals surface area contributed by atoms with Crippen LogP contribution in [0.3, 0.4) is 0 Å². The normalized spacial score (nSPS) is 18.9. The summed E-state index contributed by atoms with van der Waals surface area (Å²) in [6, 6.07) is 8.73. The molecule has 2 aliphatic heterocycles. The lowest BCUT2D eigenvalue weighted by Gasteiger charge is -2.39. The Morgan fingerprint density at radius 3 is 2.30 bits per heavy atom. The zero-order chi connectivity index (χ0) is 28.4. The van der Waals surface area contributed by atoms with Crippen LogP contribution in [0.2, 0.25) is 0 Å². The minimum absolute atomic E-state index is 0.220. The van der Waals surface area contributed by atoms with Crippen molar-refractivity contribution < 1.29 is 9.84 Å². The van der Waals surface area contributed by atoms with E-state index in [4.69, 9.17) is 9.72 Å². The number of piperazine rings is 1. The molecule has 0 saturated carbocycles. The number of fused-ring (bicyclic) bond motifs is 1. The summed E-state index contributed by atoms with van der Waals surface area (Å²) < 4.78 is 9.82. The molecule has 2 aromatic heterocycles. The monoisotopic (exact) mass is 571 g/mol. The third-order valence-corrected chi connectivity index (χ3v) is 9.39. The number of benzene rings is 1. The number of aliphatic hydroxyl groups is 1. The van der Waals surface area contributed by atoms with Gasteiger partial charge in [0, 0.05) is 64.8 Å². The van der Waals surface area contributed by atoms with E-state index < -0.39 is 17.4 Å². The first-order valence-corrected chi connectivity index (χ1v) is 15.0. The van der Waals surface area contributed by atoms with Crippen LogP contribution in [0.15, 0.2) is 38.8 Å². The molecule has 1 N–H and O–H groups in total. The number of morpholine rings is 1. The van der Waals surface area contributed by atoms with E-state index >= 15 is 0 Å². The molecule has 2 fully saturated rings. The molecule has 2 atom stereocenters. The minimum Gasteiger partial charge on any atom is -0.390 e. The summed E-state index contributed by atoms with van der Waals surface area (Å²) in [4.78, 5) is 38.7. The maximum absolute atomic E-state index is 13.2. The maximum Gasteiger partial charge on any atom is 0.332 e. The number of hydrogen-bond acceptors (Lipinski definition) is 9. The Hall–Kier alpha value is -2.64. The van der Waals surface area contributed by atoms with E-state index in [0.29, 0.717) is 55.3 Å². The standard InChI is InChI=1S/C28H41N7O4S/c1-5-23(40-22-8-6-20(2)7-9-22)33-12-10-32(11-13-33)18-21(36)19-35-24-25(30(3)28(38)31(4)26(24)37)29-27(35)34-14-16-39-17-15-34/h6-9,21,23,36H,5,10-19H2,1-4H3. The number of anilines is 1. The van der Waals surface area contributed by atoms with Crippen molar-refractivity contribution in [2.24, 2.45) is 14.1 Å². The number of thioether (sulfide) groups is 1. The summed E-state index contributed by atoms with van der Waals surface area (Å²) >= 11 is 1.92. The van der Waals surface area contributed by atoms with Gasteiger partial charge in [-0.1, -0.05) is 24.6 Å². The molecule has 5 rings (SSSR count). The largest absolute Gasteiger partial charge is 0.390 e. The number of aliphatic hydroxyl groups excluding tert-OH is 1. The van der Waals surface area contributed by atoms with Gasteiger partial charge in [0.15, 0.2) is 11.2 Å².